The Morgan fingerprint density at radius 2 is 1.87 bits per heavy atom. The van der Waals surface area contributed by atoms with Gasteiger partial charge in [-0.25, -0.2) is 4.79 Å². The monoisotopic (exact) mass is 309 g/mol. The van der Waals surface area contributed by atoms with Crippen LogP contribution in [-0.2, 0) is 11.3 Å². The van der Waals surface area contributed by atoms with Crippen LogP contribution in [0, 0.1) is 0 Å². The first-order chi connectivity index (χ1) is 11.2. The van der Waals surface area contributed by atoms with Crippen molar-refractivity contribution in [1.29, 1.82) is 0 Å². The quantitative estimate of drug-likeness (QED) is 0.832. The maximum atomic E-state index is 11.3. The molecular formula is C19H19NO3. The minimum Gasteiger partial charge on any atom is -0.453 e. The molecule has 4 heteroatoms. The van der Waals surface area contributed by atoms with E-state index >= 15 is 0 Å². The minimum atomic E-state index is -0.840. The smallest absolute Gasteiger partial charge is 0.407 e. The van der Waals surface area contributed by atoms with Gasteiger partial charge in [0, 0.05) is 12.1 Å². The summed E-state index contributed by atoms with van der Waals surface area (Å²) < 4.78 is 4.58. The Balaban J connectivity index is 2.32. The van der Waals surface area contributed by atoms with Crippen LogP contribution in [0.1, 0.15) is 22.8 Å². The zero-order valence-corrected chi connectivity index (χ0v) is 13.0. The molecule has 0 saturated carbocycles. The molecule has 0 heterocycles. The van der Waals surface area contributed by atoms with Gasteiger partial charge in [-0.1, -0.05) is 61.2 Å². The van der Waals surface area contributed by atoms with Crippen molar-refractivity contribution in [3.05, 3.63) is 83.6 Å². The summed E-state index contributed by atoms with van der Waals surface area (Å²) in [7, 11) is 1.31. The number of ether oxygens (including phenoxy) is 1. The van der Waals surface area contributed by atoms with Crippen LogP contribution in [0.3, 0.4) is 0 Å². The number of amides is 1. The number of rotatable bonds is 5. The Kier molecular flexibility index (Phi) is 5.75. The Hall–Kier alpha value is -2.81. The second-order valence-corrected chi connectivity index (χ2v) is 4.91. The molecule has 1 atom stereocenters. The summed E-state index contributed by atoms with van der Waals surface area (Å²) in [5, 5.41) is 13.3. The van der Waals surface area contributed by atoms with E-state index in [4.69, 9.17) is 0 Å². The molecular weight excluding hydrogens is 290 g/mol. The predicted molar refractivity (Wildman–Crippen MR) is 89.6 cm³/mol. The Bertz CT molecular complexity index is 718. The number of methoxy groups -OCH3 is 1. The van der Waals surface area contributed by atoms with Crippen LogP contribution in [0.4, 0.5) is 4.79 Å². The van der Waals surface area contributed by atoms with Gasteiger partial charge in [0.2, 0.25) is 0 Å². The molecule has 2 N–H and O–H groups in total. The van der Waals surface area contributed by atoms with Gasteiger partial charge >= 0.3 is 6.09 Å². The van der Waals surface area contributed by atoms with Crippen molar-refractivity contribution >= 4 is 11.7 Å². The summed E-state index contributed by atoms with van der Waals surface area (Å²) in [6.07, 6.45) is -1.35. The Labute approximate surface area is 135 Å². The highest BCUT2D eigenvalue weighted by Crippen LogP contribution is 2.30. The third-order valence-electron chi connectivity index (χ3n) is 3.50. The first-order valence-electron chi connectivity index (χ1n) is 7.20. The number of aliphatic hydroxyl groups is 1. The summed E-state index contributed by atoms with van der Waals surface area (Å²) in [6.45, 7) is 3.99. The molecule has 2 aromatic rings. The number of hydrogen-bond donors (Lipinski definition) is 2. The van der Waals surface area contributed by atoms with Gasteiger partial charge in [-0.15, -0.1) is 5.73 Å². The Morgan fingerprint density at radius 3 is 2.52 bits per heavy atom. The van der Waals surface area contributed by atoms with Crippen molar-refractivity contribution < 1.29 is 14.6 Å². The van der Waals surface area contributed by atoms with Crippen LogP contribution in [0.2, 0.25) is 0 Å². The topological polar surface area (TPSA) is 58.6 Å². The molecule has 2 rings (SSSR count). The average Bonchev–Trinajstić information content (AvgIpc) is 2.61. The molecule has 1 amide bonds. The highest BCUT2D eigenvalue weighted by Gasteiger charge is 2.17. The fraction of sp³-hybridized carbons (Fsp3) is 0.158. The van der Waals surface area contributed by atoms with Gasteiger partial charge in [0.05, 0.1) is 7.11 Å². The number of nitrogens with one attached hydrogen (secondary N) is 1. The standard InChI is InChI=1S/C19H19NO3/c1-3-16(18(21)14-9-5-4-6-10-14)17-12-8-7-11-15(17)13-20-19(22)23-2/h4-12,18,21H,1,13H2,2H3,(H,20,22). The summed E-state index contributed by atoms with van der Waals surface area (Å²) in [5.41, 5.74) is 5.79. The molecule has 0 aliphatic rings. The van der Waals surface area contributed by atoms with E-state index in [-0.39, 0.29) is 6.54 Å². The third kappa shape index (κ3) is 4.10. The number of carbonyl (C=O) groups excluding carboxylic acids is 1. The van der Waals surface area contributed by atoms with Crippen LogP contribution in [0.25, 0.3) is 5.57 Å². The first kappa shape index (κ1) is 16.6. The second kappa shape index (κ2) is 7.99. The first-order valence-corrected chi connectivity index (χ1v) is 7.20. The lowest BCUT2D eigenvalue weighted by atomic mass is 9.92. The van der Waals surface area contributed by atoms with Gasteiger partial charge in [0.15, 0.2) is 0 Å². The van der Waals surface area contributed by atoms with Crippen LogP contribution in [0.5, 0.6) is 0 Å². The number of carbonyl (C=O) groups is 1. The van der Waals surface area contributed by atoms with Crippen molar-refractivity contribution in [1.82, 2.24) is 5.32 Å². The third-order valence-corrected chi connectivity index (χ3v) is 3.50. The molecule has 23 heavy (non-hydrogen) atoms. The molecule has 2 aromatic carbocycles. The van der Waals surface area contributed by atoms with Gasteiger partial charge in [-0.2, -0.15) is 0 Å². The molecule has 1 unspecified atom stereocenters. The van der Waals surface area contributed by atoms with Gasteiger partial charge in [-0.05, 0) is 16.7 Å². The zero-order valence-electron chi connectivity index (χ0n) is 13.0. The lowest BCUT2D eigenvalue weighted by Crippen LogP contribution is -2.23. The van der Waals surface area contributed by atoms with E-state index in [9.17, 15) is 9.90 Å². The molecule has 0 spiro atoms. The molecule has 0 aromatic heterocycles. The Morgan fingerprint density at radius 1 is 1.22 bits per heavy atom. The van der Waals surface area contributed by atoms with E-state index in [1.165, 1.54) is 7.11 Å². The summed E-state index contributed by atoms with van der Waals surface area (Å²) in [4.78, 5) is 11.3. The predicted octanol–water partition coefficient (Wildman–Crippen LogP) is 3.44. The van der Waals surface area contributed by atoms with E-state index in [0.29, 0.717) is 5.57 Å². The number of benzene rings is 2. The lowest BCUT2D eigenvalue weighted by Gasteiger charge is -2.17. The maximum absolute atomic E-state index is 11.3. The molecule has 4 nitrogen and oxygen atoms in total. The summed E-state index contributed by atoms with van der Waals surface area (Å²) in [6, 6.07) is 16.8. The van der Waals surface area contributed by atoms with Crippen LogP contribution in [-0.4, -0.2) is 18.3 Å². The largest absolute Gasteiger partial charge is 0.453 e. The van der Waals surface area contributed by atoms with Crippen molar-refractivity contribution in [3.63, 3.8) is 0 Å². The lowest BCUT2D eigenvalue weighted by molar-refractivity contribution is 0.170. The molecule has 118 valence electrons. The summed E-state index contributed by atoms with van der Waals surface area (Å²) in [5.74, 6) is 0. The SMILES string of the molecule is C=C=C(c1ccccc1CNC(=O)OC)C(O)c1ccccc1. The summed E-state index contributed by atoms with van der Waals surface area (Å²) >= 11 is 0. The van der Waals surface area contributed by atoms with Crippen LogP contribution in [0.15, 0.2) is 66.9 Å². The molecule has 0 bridgehead atoms. The second-order valence-electron chi connectivity index (χ2n) is 4.91. The zero-order chi connectivity index (χ0) is 16.7. The molecule has 0 radical (unpaired) electrons. The van der Waals surface area contributed by atoms with Crippen molar-refractivity contribution in [2.75, 3.05) is 7.11 Å². The van der Waals surface area contributed by atoms with Crippen LogP contribution >= 0.6 is 0 Å². The highest BCUT2D eigenvalue weighted by molar-refractivity contribution is 5.73. The van der Waals surface area contributed by atoms with E-state index in [2.05, 4.69) is 22.4 Å². The van der Waals surface area contributed by atoms with E-state index < -0.39 is 12.2 Å². The number of hydrogen-bond acceptors (Lipinski definition) is 3. The molecule has 0 aliphatic heterocycles. The average molecular weight is 309 g/mol. The van der Waals surface area contributed by atoms with E-state index in [1.54, 1.807) is 0 Å². The fourth-order valence-corrected chi connectivity index (χ4v) is 2.32. The molecule has 0 fully saturated rings. The highest BCUT2D eigenvalue weighted by atomic mass is 16.5. The van der Waals surface area contributed by atoms with E-state index in [0.717, 1.165) is 16.7 Å². The minimum absolute atomic E-state index is 0.287. The van der Waals surface area contributed by atoms with Crippen molar-refractivity contribution in [2.45, 2.75) is 12.6 Å². The van der Waals surface area contributed by atoms with Crippen LogP contribution < -0.4 is 5.32 Å². The normalized spacial score (nSPS) is 11.2. The van der Waals surface area contributed by atoms with Gasteiger partial charge in [0.1, 0.15) is 6.10 Å². The van der Waals surface area contributed by atoms with Gasteiger partial charge in [0.25, 0.3) is 0 Å². The number of alkyl carbamates (subject to hydrolysis) is 1. The van der Waals surface area contributed by atoms with Crippen molar-refractivity contribution in [3.8, 4) is 0 Å². The van der Waals surface area contributed by atoms with Gasteiger partial charge < -0.3 is 15.2 Å². The van der Waals surface area contributed by atoms with Gasteiger partial charge in [-0.3, -0.25) is 0 Å². The van der Waals surface area contributed by atoms with E-state index in [1.807, 2.05) is 54.6 Å². The molecule has 0 saturated heterocycles. The number of aliphatic hydroxyl groups excluding tert-OH is 1. The van der Waals surface area contributed by atoms with Crippen molar-refractivity contribution in [2.24, 2.45) is 0 Å². The maximum Gasteiger partial charge on any atom is 0.407 e. The molecule has 0 aliphatic carbocycles. The fourth-order valence-electron chi connectivity index (χ4n) is 2.32.